The van der Waals surface area contributed by atoms with Gasteiger partial charge in [-0.25, -0.2) is 4.79 Å². The molecule has 0 radical (unpaired) electrons. The van der Waals surface area contributed by atoms with E-state index in [9.17, 15) is 9.59 Å². The normalized spacial score (nSPS) is 11.5. The molecule has 46 heavy (non-hydrogen) atoms. The van der Waals surface area contributed by atoms with Crippen molar-refractivity contribution in [2.45, 2.75) is 45.1 Å². The van der Waals surface area contributed by atoms with Gasteiger partial charge in [0, 0.05) is 22.5 Å². The molecule has 4 aromatic carbocycles. The first kappa shape index (κ1) is 35.0. The molecule has 4 rings (SSSR count). The molecule has 8 heteroatoms. The Morgan fingerprint density at radius 2 is 1.20 bits per heavy atom. The largest absolute Gasteiger partial charge is 0.486 e. The summed E-state index contributed by atoms with van der Waals surface area (Å²) in [4.78, 5) is 26.9. The van der Waals surface area contributed by atoms with Gasteiger partial charge in [-0.3, -0.25) is 4.79 Å². The van der Waals surface area contributed by atoms with E-state index in [0.717, 1.165) is 36.0 Å². The highest BCUT2D eigenvalue weighted by Crippen LogP contribution is 2.28. The Labute approximate surface area is 282 Å². The monoisotopic (exact) mass is 661 g/mol. The van der Waals surface area contributed by atoms with Crippen molar-refractivity contribution in [3.05, 3.63) is 129 Å². The Bertz CT molecular complexity index is 1500. The molecule has 0 amide bonds. The van der Waals surface area contributed by atoms with Gasteiger partial charge in [-0.15, -0.1) is 0 Å². The third-order valence-electron chi connectivity index (χ3n) is 7.26. The van der Waals surface area contributed by atoms with Crippen LogP contribution in [0.5, 0.6) is 11.5 Å². The highest BCUT2D eigenvalue weighted by Gasteiger charge is 2.18. The van der Waals surface area contributed by atoms with E-state index in [4.69, 9.17) is 37.4 Å². The first-order valence-electron chi connectivity index (χ1n) is 15.3. The van der Waals surface area contributed by atoms with Gasteiger partial charge in [0.1, 0.15) is 30.3 Å². The van der Waals surface area contributed by atoms with Crippen LogP contribution >= 0.6 is 23.2 Å². The minimum absolute atomic E-state index is 0.0947. The molecule has 0 unspecified atom stereocenters. The van der Waals surface area contributed by atoms with Gasteiger partial charge in [0.15, 0.2) is 0 Å². The summed E-state index contributed by atoms with van der Waals surface area (Å²) in [6.45, 7) is 7.03. The second-order valence-electron chi connectivity index (χ2n) is 12.3. The Morgan fingerprint density at radius 1 is 0.717 bits per heavy atom. The summed E-state index contributed by atoms with van der Waals surface area (Å²) in [7, 11) is 2.15. The minimum atomic E-state index is -0.570. The van der Waals surface area contributed by atoms with Crippen LogP contribution < -0.4 is 9.47 Å². The van der Waals surface area contributed by atoms with Crippen LogP contribution in [0.1, 0.15) is 60.2 Å². The highest BCUT2D eigenvalue weighted by atomic mass is 35.5. The molecule has 0 heterocycles. The van der Waals surface area contributed by atoms with E-state index in [1.54, 1.807) is 24.3 Å². The average molecular weight is 663 g/mol. The van der Waals surface area contributed by atoms with Crippen LogP contribution in [-0.4, -0.2) is 55.6 Å². The maximum Gasteiger partial charge on any atom is 0.338 e. The van der Waals surface area contributed by atoms with Crippen LogP contribution in [0.4, 0.5) is 0 Å². The minimum Gasteiger partial charge on any atom is -0.486 e. The second-order valence-corrected chi connectivity index (χ2v) is 13.2. The molecule has 0 atom stereocenters. The number of rotatable bonds is 15. The lowest BCUT2D eigenvalue weighted by molar-refractivity contribution is -0.123. The smallest absolute Gasteiger partial charge is 0.338 e. The Morgan fingerprint density at radius 3 is 1.67 bits per heavy atom. The third-order valence-corrected chi connectivity index (χ3v) is 7.76. The van der Waals surface area contributed by atoms with Crippen LogP contribution in [-0.2, 0) is 16.0 Å². The van der Waals surface area contributed by atoms with Gasteiger partial charge in [-0.2, -0.15) is 0 Å². The zero-order chi connectivity index (χ0) is 33.1. The van der Waals surface area contributed by atoms with Crippen molar-refractivity contribution < 1.29 is 23.8 Å². The maximum absolute atomic E-state index is 12.3. The van der Waals surface area contributed by atoms with Crippen LogP contribution in [0.3, 0.4) is 0 Å². The van der Waals surface area contributed by atoms with E-state index in [2.05, 4.69) is 36.2 Å². The highest BCUT2D eigenvalue weighted by molar-refractivity contribution is 6.30. The van der Waals surface area contributed by atoms with Crippen LogP contribution in [0.15, 0.2) is 97.1 Å². The van der Waals surface area contributed by atoms with Gasteiger partial charge in [-0.05, 0) is 125 Å². The lowest BCUT2D eigenvalue weighted by Crippen LogP contribution is -2.26. The van der Waals surface area contributed by atoms with E-state index in [-0.39, 0.29) is 24.9 Å². The topological polar surface area (TPSA) is 65.1 Å². The number of hydrogen-bond donors (Lipinski definition) is 0. The fourth-order valence-corrected chi connectivity index (χ4v) is 5.15. The zero-order valence-electron chi connectivity index (χ0n) is 26.8. The predicted molar refractivity (Wildman–Crippen MR) is 185 cm³/mol. The quantitative estimate of drug-likeness (QED) is 0.119. The number of ether oxygens (including phenoxy) is 3. The third kappa shape index (κ3) is 11.5. The molecule has 0 bridgehead atoms. The Hall–Kier alpha value is -3.84. The SMILES string of the molecule is CN(CCCc1ccc(OCC(=O)COc2ccc(C(=O)OC(C)(C)C)cc2)cc1)CC(c1ccc(Cl)cc1)c1ccc(Cl)cc1. The lowest BCUT2D eigenvalue weighted by atomic mass is 9.91. The number of aryl methyl sites for hydroxylation is 1. The molecule has 0 spiro atoms. The van der Waals surface area contributed by atoms with E-state index in [1.165, 1.54) is 16.7 Å². The average Bonchev–Trinajstić information content (AvgIpc) is 3.02. The van der Waals surface area contributed by atoms with Crippen molar-refractivity contribution in [1.82, 2.24) is 4.90 Å². The van der Waals surface area contributed by atoms with Gasteiger partial charge in [-0.1, -0.05) is 59.6 Å². The number of hydrogen-bond acceptors (Lipinski definition) is 6. The zero-order valence-corrected chi connectivity index (χ0v) is 28.3. The second kappa shape index (κ2) is 16.6. The van der Waals surface area contributed by atoms with Gasteiger partial charge < -0.3 is 19.1 Å². The Kier molecular flexibility index (Phi) is 12.7. The van der Waals surface area contributed by atoms with Crippen molar-refractivity contribution in [2.24, 2.45) is 0 Å². The molecule has 0 N–H and O–H groups in total. The van der Waals surface area contributed by atoms with Crippen molar-refractivity contribution in [2.75, 3.05) is 33.4 Å². The number of halogens is 2. The molecule has 4 aromatic rings. The number of benzene rings is 4. The summed E-state index contributed by atoms with van der Waals surface area (Å²) in [6.07, 6.45) is 1.93. The molecule has 6 nitrogen and oxygen atoms in total. The predicted octanol–water partition coefficient (Wildman–Crippen LogP) is 8.67. The molecular formula is C38H41Cl2NO5. The maximum atomic E-state index is 12.3. The summed E-state index contributed by atoms with van der Waals surface area (Å²) in [5.41, 5.74) is 3.49. The number of Topliss-reactive ketones (excluding diaryl/α,β-unsaturated/α-hetero) is 1. The number of nitrogens with zero attached hydrogens (tertiary/aromatic N) is 1. The van der Waals surface area contributed by atoms with Gasteiger partial charge >= 0.3 is 5.97 Å². The molecule has 0 saturated heterocycles. The summed E-state index contributed by atoms with van der Waals surface area (Å²) >= 11 is 12.3. The van der Waals surface area contributed by atoms with Crippen LogP contribution in [0.25, 0.3) is 0 Å². The molecule has 0 saturated carbocycles. The molecule has 0 aliphatic heterocycles. The number of carbonyl (C=O) groups excluding carboxylic acids is 2. The Balaban J connectivity index is 1.18. The molecule has 0 aromatic heterocycles. The molecule has 0 aliphatic carbocycles. The summed E-state index contributed by atoms with van der Waals surface area (Å²) < 4.78 is 16.6. The van der Waals surface area contributed by atoms with Gasteiger partial charge in [0.25, 0.3) is 0 Å². The van der Waals surface area contributed by atoms with Crippen molar-refractivity contribution >= 4 is 35.0 Å². The van der Waals surface area contributed by atoms with E-state index in [1.807, 2.05) is 69.3 Å². The first-order valence-corrected chi connectivity index (χ1v) is 16.1. The van der Waals surface area contributed by atoms with Gasteiger partial charge in [0.2, 0.25) is 5.78 Å². The molecular weight excluding hydrogens is 621 g/mol. The standard InChI is InChI=1S/C38H41Cl2NO5/c1-38(2,3)46-37(43)30-13-21-35(22-14-30)45-26-33(42)25-44-34-19-7-27(8-20-34)6-5-23-41(4)24-36(28-9-15-31(39)16-10-28)29-11-17-32(40)18-12-29/h7-22,36H,5-6,23-26H2,1-4H3. The van der Waals surface area contributed by atoms with Crippen molar-refractivity contribution in [3.8, 4) is 11.5 Å². The molecule has 242 valence electrons. The van der Waals surface area contributed by atoms with Gasteiger partial charge in [0.05, 0.1) is 5.56 Å². The first-order chi connectivity index (χ1) is 21.9. The fraction of sp³-hybridized carbons (Fsp3) is 0.316. The summed E-state index contributed by atoms with van der Waals surface area (Å²) in [5, 5.41) is 1.45. The number of likely N-dealkylation sites (N-methyl/N-ethyl adjacent to an activating group) is 1. The number of esters is 1. The lowest BCUT2D eigenvalue weighted by Gasteiger charge is -2.25. The fourth-order valence-electron chi connectivity index (χ4n) is 4.90. The van der Waals surface area contributed by atoms with Crippen molar-refractivity contribution in [1.29, 1.82) is 0 Å². The summed E-state index contributed by atoms with van der Waals surface area (Å²) in [6, 6.07) is 30.5. The number of ketones is 1. The number of carbonyl (C=O) groups is 2. The van der Waals surface area contributed by atoms with E-state index in [0.29, 0.717) is 17.1 Å². The van der Waals surface area contributed by atoms with Crippen LogP contribution in [0.2, 0.25) is 10.0 Å². The molecule has 0 fully saturated rings. The van der Waals surface area contributed by atoms with Crippen LogP contribution in [0, 0.1) is 0 Å². The summed E-state index contributed by atoms with van der Waals surface area (Å²) in [5.74, 6) is 0.717. The van der Waals surface area contributed by atoms with E-state index < -0.39 is 11.6 Å². The van der Waals surface area contributed by atoms with E-state index >= 15 is 0 Å². The van der Waals surface area contributed by atoms with Crippen molar-refractivity contribution in [3.63, 3.8) is 0 Å². The molecule has 0 aliphatic rings.